The number of carbonyl (C=O) groups excluding carboxylic acids is 2. The maximum absolute atomic E-state index is 14.8. The van der Waals surface area contributed by atoms with Crippen molar-refractivity contribution in [1.29, 1.82) is 0 Å². The van der Waals surface area contributed by atoms with E-state index in [2.05, 4.69) is 15.3 Å². The lowest BCUT2D eigenvalue weighted by Crippen LogP contribution is -2.46. The van der Waals surface area contributed by atoms with Crippen LogP contribution in [0.4, 0.5) is 18.9 Å². The second-order valence-corrected chi connectivity index (χ2v) is 11.0. The van der Waals surface area contributed by atoms with E-state index >= 15 is 0 Å². The van der Waals surface area contributed by atoms with Gasteiger partial charge in [0, 0.05) is 42.0 Å². The van der Waals surface area contributed by atoms with E-state index in [1.54, 1.807) is 24.3 Å². The first-order valence-corrected chi connectivity index (χ1v) is 13.3. The number of benzene rings is 1. The Kier molecular flexibility index (Phi) is 7.72. The van der Waals surface area contributed by atoms with E-state index in [0.717, 1.165) is 12.3 Å². The number of aromatic nitrogens is 1. The van der Waals surface area contributed by atoms with Gasteiger partial charge in [-0.05, 0) is 43.7 Å². The van der Waals surface area contributed by atoms with Gasteiger partial charge < -0.3 is 15.3 Å². The van der Waals surface area contributed by atoms with Crippen LogP contribution in [0, 0.1) is 17.7 Å². The molecule has 7 nitrogen and oxygen atoms in total. The monoisotopic (exact) mass is 580 g/mol. The van der Waals surface area contributed by atoms with Crippen molar-refractivity contribution < 1.29 is 27.9 Å². The molecule has 1 aromatic carbocycles. The van der Waals surface area contributed by atoms with Gasteiger partial charge in [0.2, 0.25) is 11.5 Å². The Hall–Kier alpha value is -2.95. The van der Waals surface area contributed by atoms with Crippen LogP contribution in [0.1, 0.15) is 43.4 Å². The number of amides is 2. The van der Waals surface area contributed by atoms with Crippen molar-refractivity contribution in [3.8, 4) is 0 Å². The maximum Gasteiger partial charge on any atom is 0.277 e. The fourth-order valence-electron chi connectivity index (χ4n) is 5.60. The van der Waals surface area contributed by atoms with Crippen LogP contribution in [-0.4, -0.2) is 46.6 Å². The van der Waals surface area contributed by atoms with Crippen LogP contribution in [0.2, 0.25) is 5.02 Å². The number of rotatable bonds is 6. The summed E-state index contributed by atoms with van der Waals surface area (Å²) in [5.41, 5.74) is -2.49. The molecule has 1 fully saturated rings. The highest BCUT2D eigenvalue weighted by Crippen LogP contribution is 2.45. The summed E-state index contributed by atoms with van der Waals surface area (Å²) in [6.07, 6.45) is 1.90. The lowest BCUT2D eigenvalue weighted by molar-refractivity contribution is -0.132. The number of alkyl halides is 2. The molecule has 1 aromatic heterocycles. The first-order valence-electron chi connectivity index (χ1n) is 12.6. The second-order valence-electron chi connectivity index (χ2n) is 10.0. The Morgan fingerprint density at radius 1 is 1.21 bits per heavy atom. The highest BCUT2D eigenvalue weighted by molar-refractivity contribution is 6.30. The van der Waals surface area contributed by atoms with E-state index in [-0.39, 0.29) is 40.5 Å². The molecule has 0 spiro atoms. The van der Waals surface area contributed by atoms with Gasteiger partial charge in [-0.2, -0.15) is 0 Å². The number of hydrogen-bond donors (Lipinski definition) is 2. The van der Waals surface area contributed by atoms with Crippen molar-refractivity contribution in [2.45, 2.75) is 50.2 Å². The molecule has 2 atom stereocenters. The normalized spacial score (nSPS) is 26.8. The predicted octanol–water partition coefficient (Wildman–Crippen LogP) is 4.94. The van der Waals surface area contributed by atoms with E-state index in [9.17, 15) is 27.9 Å². The average Bonchev–Trinajstić information content (AvgIpc) is 3.12. The molecule has 39 heavy (non-hydrogen) atoms. The number of carbonyl (C=O) groups is 2. The third-order valence-corrected chi connectivity index (χ3v) is 8.03. The molecule has 2 N–H and O–H groups in total. The number of para-hydroxylation sites is 1. The van der Waals surface area contributed by atoms with Crippen molar-refractivity contribution in [3.05, 3.63) is 69.9 Å². The van der Waals surface area contributed by atoms with E-state index in [4.69, 9.17) is 23.2 Å². The zero-order chi connectivity index (χ0) is 27.9. The molecule has 12 heteroatoms. The lowest BCUT2D eigenvalue weighted by Gasteiger charge is -2.33. The molecule has 2 aromatic rings. The zero-order valence-electron chi connectivity index (χ0n) is 20.6. The van der Waals surface area contributed by atoms with Crippen LogP contribution in [0.5, 0.6) is 0 Å². The Balaban J connectivity index is 1.26. The molecular weight excluding hydrogens is 556 g/mol. The van der Waals surface area contributed by atoms with Gasteiger partial charge in [0.05, 0.1) is 22.3 Å². The third kappa shape index (κ3) is 5.17. The molecule has 1 saturated carbocycles. The molecular formula is C27H25Cl2F3N4O3. The van der Waals surface area contributed by atoms with Gasteiger partial charge in [-0.1, -0.05) is 41.4 Å². The summed E-state index contributed by atoms with van der Waals surface area (Å²) >= 11 is 11.8. The minimum absolute atomic E-state index is 0.0195. The summed E-state index contributed by atoms with van der Waals surface area (Å²) in [7, 11) is 0. The lowest BCUT2D eigenvalue weighted by atomic mass is 9.85. The smallest absolute Gasteiger partial charge is 0.277 e. The Labute approximate surface area is 232 Å². The predicted molar refractivity (Wildman–Crippen MR) is 140 cm³/mol. The minimum Gasteiger partial charge on any atom is -0.370 e. The minimum atomic E-state index is -2.85. The first-order chi connectivity index (χ1) is 18.6. The highest BCUT2D eigenvalue weighted by atomic mass is 35.5. The number of allylic oxidation sites excluding steroid dienone is 1. The largest absolute Gasteiger partial charge is 0.370 e. The zero-order valence-corrected chi connectivity index (χ0v) is 22.1. The van der Waals surface area contributed by atoms with Crippen molar-refractivity contribution in [1.82, 2.24) is 10.3 Å². The first kappa shape index (κ1) is 27.6. The molecule has 2 unspecified atom stereocenters. The summed E-state index contributed by atoms with van der Waals surface area (Å²) in [4.78, 5) is 35.4. The van der Waals surface area contributed by atoms with Crippen LogP contribution in [0.3, 0.4) is 0 Å². The topological polar surface area (TPSA) is 94.9 Å². The van der Waals surface area contributed by atoms with Gasteiger partial charge in [-0.15, -0.1) is 0 Å². The Bertz CT molecular complexity index is 1360. The number of nitrogens with one attached hydrogen (secondary N) is 1. The van der Waals surface area contributed by atoms with E-state index < -0.39 is 47.0 Å². The summed E-state index contributed by atoms with van der Waals surface area (Å²) in [5.74, 6) is -3.20. The van der Waals surface area contributed by atoms with Crippen molar-refractivity contribution in [3.63, 3.8) is 0 Å². The summed E-state index contributed by atoms with van der Waals surface area (Å²) in [6, 6.07) is 7.43. The molecule has 5 rings (SSSR count). The summed E-state index contributed by atoms with van der Waals surface area (Å²) in [5, 5.41) is 14.7. The molecule has 3 heterocycles. The van der Waals surface area contributed by atoms with E-state index in [1.807, 2.05) is 0 Å². The van der Waals surface area contributed by atoms with Gasteiger partial charge in [0.25, 0.3) is 12.3 Å². The molecule has 3 aliphatic rings. The highest BCUT2D eigenvalue weighted by Gasteiger charge is 2.53. The molecule has 2 amide bonds. The van der Waals surface area contributed by atoms with E-state index in [1.165, 1.54) is 11.1 Å². The Morgan fingerprint density at radius 3 is 2.62 bits per heavy atom. The fourth-order valence-corrected chi connectivity index (χ4v) is 5.95. The number of nitrogens with zero attached hydrogens (tertiary/aromatic N) is 3. The molecule has 0 saturated heterocycles. The molecule has 2 aliphatic heterocycles. The molecule has 206 valence electrons. The van der Waals surface area contributed by atoms with Crippen LogP contribution in [-0.2, 0) is 15.2 Å². The average molecular weight is 581 g/mol. The molecule has 0 bridgehead atoms. The van der Waals surface area contributed by atoms with Crippen molar-refractivity contribution in [2.24, 2.45) is 16.8 Å². The number of pyridine rings is 1. The van der Waals surface area contributed by atoms with Crippen LogP contribution in [0.25, 0.3) is 0 Å². The number of aliphatic imine (C=N–C) groups is 1. The van der Waals surface area contributed by atoms with Gasteiger partial charge in [-0.3, -0.25) is 19.6 Å². The fraction of sp³-hybridized carbons (Fsp3) is 0.407. The third-order valence-electron chi connectivity index (χ3n) is 7.57. The van der Waals surface area contributed by atoms with Crippen molar-refractivity contribution >= 4 is 46.4 Å². The second kappa shape index (κ2) is 10.9. The molecule has 1 aliphatic carbocycles. The SMILES string of the molecule is O=C(N[C@H]1CC[C@H](CN2C(=O)C(O)(c3ncc(Cl)cc3F)c3ccccc32)CC1)C1CC(Cl)=CN=C1C(F)F. The van der Waals surface area contributed by atoms with Gasteiger partial charge in [0.1, 0.15) is 11.5 Å². The number of anilines is 1. The van der Waals surface area contributed by atoms with Crippen LogP contribution >= 0.6 is 23.2 Å². The number of aliphatic hydroxyl groups is 1. The van der Waals surface area contributed by atoms with Gasteiger partial charge in [0.15, 0.2) is 0 Å². The Morgan fingerprint density at radius 2 is 1.92 bits per heavy atom. The molecule has 0 radical (unpaired) electrons. The number of halogens is 5. The maximum atomic E-state index is 14.8. The van der Waals surface area contributed by atoms with Crippen LogP contribution < -0.4 is 10.2 Å². The standard InChI is InChI=1S/C27H25Cl2F3N4O3/c28-15-9-18(22(24(31)32)33-11-15)25(37)35-17-7-5-14(6-8-17)13-36-21-4-2-1-3-19(21)27(39,26(36)38)23-20(30)10-16(29)12-34-23/h1-4,10-12,14,17-18,24,39H,5-9,13H2,(H,35,37)/t14-,17-,18?,27?. The van der Waals surface area contributed by atoms with Crippen LogP contribution in [0.15, 0.2) is 52.8 Å². The van der Waals surface area contributed by atoms with Crippen molar-refractivity contribution in [2.75, 3.05) is 11.4 Å². The van der Waals surface area contributed by atoms with Gasteiger partial charge >= 0.3 is 0 Å². The summed E-state index contributed by atoms with van der Waals surface area (Å²) < 4.78 is 41.5. The number of hydrogen-bond acceptors (Lipinski definition) is 5. The quantitative estimate of drug-likeness (QED) is 0.506. The summed E-state index contributed by atoms with van der Waals surface area (Å²) in [6.45, 7) is 0.277. The van der Waals surface area contributed by atoms with E-state index in [0.29, 0.717) is 31.4 Å². The van der Waals surface area contributed by atoms with Gasteiger partial charge in [-0.25, -0.2) is 13.2 Å². The number of fused-ring (bicyclic) bond motifs is 1.